The van der Waals surface area contributed by atoms with Crippen LogP contribution in [0.5, 0.6) is 0 Å². The predicted octanol–water partition coefficient (Wildman–Crippen LogP) is 4.48. The lowest BCUT2D eigenvalue weighted by Gasteiger charge is -2.40. The molecular formula is C18H26FNO2S. The molecule has 0 radical (unpaired) electrons. The molecule has 5 heteroatoms. The van der Waals surface area contributed by atoms with Crippen LogP contribution in [0, 0.1) is 5.82 Å². The van der Waals surface area contributed by atoms with Crippen LogP contribution in [0.2, 0.25) is 0 Å². The molecule has 0 N–H and O–H groups in total. The Kier molecular flexibility index (Phi) is 5.37. The van der Waals surface area contributed by atoms with Crippen LogP contribution >= 0.6 is 0 Å². The second-order valence-electron chi connectivity index (χ2n) is 6.87. The fourth-order valence-corrected chi connectivity index (χ4v) is 6.02. The number of hydrogen-bond donors (Lipinski definition) is 0. The molecule has 2 aliphatic rings. The van der Waals surface area contributed by atoms with Crippen LogP contribution < -0.4 is 0 Å². The van der Waals surface area contributed by atoms with Crippen molar-refractivity contribution in [3.63, 3.8) is 0 Å². The molecule has 128 valence electrons. The summed E-state index contributed by atoms with van der Waals surface area (Å²) in [6, 6.07) is 5.52. The third kappa shape index (κ3) is 3.77. The minimum atomic E-state index is -3.55. The van der Waals surface area contributed by atoms with Crippen molar-refractivity contribution in [3.8, 4) is 0 Å². The number of halogens is 1. The van der Waals surface area contributed by atoms with Crippen molar-refractivity contribution < 1.29 is 12.8 Å². The van der Waals surface area contributed by atoms with Crippen LogP contribution in [0.4, 0.5) is 4.39 Å². The molecular weight excluding hydrogens is 313 g/mol. The van der Waals surface area contributed by atoms with Gasteiger partial charge in [-0.15, -0.1) is 0 Å². The molecule has 3 rings (SSSR count). The van der Waals surface area contributed by atoms with Crippen molar-refractivity contribution in [2.45, 2.75) is 81.2 Å². The molecule has 0 bridgehead atoms. The first-order valence-corrected chi connectivity index (χ1v) is 10.3. The number of sulfonamides is 1. The lowest BCUT2D eigenvalue weighted by atomic mass is 9.91. The molecule has 0 heterocycles. The number of benzene rings is 1. The number of rotatable bonds is 4. The molecule has 2 fully saturated rings. The van der Waals surface area contributed by atoms with Gasteiger partial charge in [-0.3, -0.25) is 0 Å². The topological polar surface area (TPSA) is 37.4 Å². The first-order valence-electron chi connectivity index (χ1n) is 8.88. The zero-order valence-corrected chi connectivity index (χ0v) is 14.4. The van der Waals surface area contributed by atoms with Gasteiger partial charge in [0, 0.05) is 12.1 Å². The second kappa shape index (κ2) is 7.31. The van der Waals surface area contributed by atoms with Crippen molar-refractivity contribution in [2.24, 2.45) is 0 Å². The Balaban J connectivity index is 1.93. The van der Waals surface area contributed by atoms with E-state index in [-0.39, 0.29) is 17.0 Å². The van der Waals surface area contributed by atoms with Crippen molar-refractivity contribution in [3.05, 3.63) is 30.1 Å². The summed E-state index contributed by atoms with van der Waals surface area (Å²) in [4.78, 5) is 0.232. The van der Waals surface area contributed by atoms with Crippen molar-refractivity contribution in [1.82, 2.24) is 4.31 Å². The predicted molar refractivity (Wildman–Crippen MR) is 89.2 cm³/mol. The van der Waals surface area contributed by atoms with Crippen molar-refractivity contribution in [1.29, 1.82) is 0 Å². The minimum Gasteiger partial charge on any atom is -0.207 e. The Morgan fingerprint density at radius 2 is 1.22 bits per heavy atom. The highest BCUT2D eigenvalue weighted by atomic mass is 32.2. The molecule has 0 atom stereocenters. The van der Waals surface area contributed by atoms with Gasteiger partial charge in [0.25, 0.3) is 0 Å². The normalized spacial score (nSPS) is 21.7. The van der Waals surface area contributed by atoms with E-state index in [9.17, 15) is 12.8 Å². The highest BCUT2D eigenvalue weighted by Gasteiger charge is 2.38. The maximum absolute atomic E-state index is 13.2. The van der Waals surface area contributed by atoms with Crippen LogP contribution in [-0.4, -0.2) is 24.8 Å². The molecule has 1 aromatic rings. The fraction of sp³-hybridized carbons (Fsp3) is 0.667. The summed E-state index contributed by atoms with van der Waals surface area (Å²) >= 11 is 0. The third-order valence-electron chi connectivity index (χ3n) is 5.26. The van der Waals surface area contributed by atoms with E-state index in [0.717, 1.165) is 51.4 Å². The Hall–Kier alpha value is -0.940. The summed E-state index contributed by atoms with van der Waals surface area (Å²) in [6.45, 7) is 0. The highest BCUT2D eigenvalue weighted by molar-refractivity contribution is 7.89. The summed E-state index contributed by atoms with van der Waals surface area (Å²) in [5, 5.41) is 0. The molecule has 0 spiro atoms. The first kappa shape index (κ1) is 16.9. The Bertz CT molecular complexity index is 584. The maximum Gasteiger partial charge on any atom is 0.243 e. The SMILES string of the molecule is O=S(=O)(c1ccc(F)cc1)N(C1CCCCC1)C1CCCCC1. The second-order valence-corrected chi connectivity index (χ2v) is 8.72. The van der Waals surface area contributed by atoms with Gasteiger partial charge in [-0.05, 0) is 49.9 Å². The summed E-state index contributed by atoms with van der Waals surface area (Å²) in [5.41, 5.74) is 0. The van der Waals surface area contributed by atoms with E-state index < -0.39 is 15.8 Å². The van der Waals surface area contributed by atoms with E-state index in [1.54, 1.807) is 4.31 Å². The largest absolute Gasteiger partial charge is 0.243 e. The highest BCUT2D eigenvalue weighted by Crippen LogP contribution is 2.34. The zero-order chi connectivity index (χ0) is 16.3. The van der Waals surface area contributed by atoms with Gasteiger partial charge in [0.2, 0.25) is 10.0 Å². The standard InChI is InChI=1S/C18H26FNO2S/c19-15-11-13-18(14-12-15)23(21,22)20(16-7-3-1-4-8-16)17-9-5-2-6-10-17/h11-14,16-17H,1-10H2. The van der Waals surface area contributed by atoms with Crippen LogP contribution in [0.3, 0.4) is 0 Å². The molecule has 0 unspecified atom stereocenters. The summed E-state index contributed by atoms with van der Waals surface area (Å²) in [5.74, 6) is -0.397. The first-order chi connectivity index (χ1) is 11.1. The number of hydrogen-bond acceptors (Lipinski definition) is 2. The van der Waals surface area contributed by atoms with Crippen LogP contribution in [0.1, 0.15) is 64.2 Å². The Morgan fingerprint density at radius 3 is 1.65 bits per heavy atom. The lowest BCUT2D eigenvalue weighted by Crippen LogP contribution is -2.48. The van der Waals surface area contributed by atoms with Crippen LogP contribution in [0.15, 0.2) is 29.2 Å². The van der Waals surface area contributed by atoms with Gasteiger partial charge >= 0.3 is 0 Å². The van der Waals surface area contributed by atoms with Gasteiger partial charge < -0.3 is 0 Å². The number of nitrogens with zero attached hydrogens (tertiary/aromatic N) is 1. The summed E-state index contributed by atoms with van der Waals surface area (Å²) in [6.07, 6.45) is 10.6. The summed E-state index contributed by atoms with van der Waals surface area (Å²) in [7, 11) is -3.55. The van der Waals surface area contributed by atoms with Gasteiger partial charge in [-0.25, -0.2) is 12.8 Å². The molecule has 0 saturated heterocycles. The lowest BCUT2D eigenvalue weighted by molar-refractivity contribution is 0.169. The Morgan fingerprint density at radius 1 is 0.783 bits per heavy atom. The van der Waals surface area contributed by atoms with E-state index >= 15 is 0 Å². The molecule has 0 amide bonds. The van der Waals surface area contributed by atoms with E-state index in [1.165, 1.54) is 37.1 Å². The molecule has 1 aromatic carbocycles. The van der Waals surface area contributed by atoms with Crippen molar-refractivity contribution >= 4 is 10.0 Å². The fourth-order valence-electron chi connectivity index (χ4n) is 4.09. The van der Waals surface area contributed by atoms with Crippen LogP contribution in [-0.2, 0) is 10.0 Å². The zero-order valence-electron chi connectivity index (χ0n) is 13.6. The van der Waals surface area contributed by atoms with Crippen LogP contribution in [0.25, 0.3) is 0 Å². The molecule has 3 nitrogen and oxygen atoms in total. The van der Waals surface area contributed by atoms with Gasteiger partial charge in [0.15, 0.2) is 0 Å². The molecule has 2 aliphatic carbocycles. The minimum absolute atomic E-state index is 0.113. The van der Waals surface area contributed by atoms with E-state index in [2.05, 4.69) is 0 Å². The summed E-state index contributed by atoms with van der Waals surface area (Å²) < 4.78 is 41.5. The monoisotopic (exact) mass is 339 g/mol. The molecule has 0 aliphatic heterocycles. The molecule has 23 heavy (non-hydrogen) atoms. The van der Waals surface area contributed by atoms with Gasteiger partial charge in [-0.2, -0.15) is 4.31 Å². The van der Waals surface area contributed by atoms with E-state index in [1.807, 2.05) is 0 Å². The van der Waals surface area contributed by atoms with Gasteiger partial charge in [0.05, 0.1) is 4.90 Å². The van der Waals surface area contributed by atoms with Gasteiger partial charge in [-0.1, -0.05) is 38.5 Å². The molecule has 0 aromatic heterocycles. The quantitative estimate of drug-likeness (QED) is 0.811. The maximum atomic E-state index is 13.2. The average Bonchev–Trinajstić information content (AvgIpc) is 2.57. The van der Waals surface area contributed by atoms with E-state index in [0.29, 0.717) is 0 Å². The smallest absolute Gasteiger partial charge is 0.207 e. The Labute approximate surface area is 138 Å². The molecule has 2 saturated carbocycles. The van der Waals surface area contributed by atoms with Gasteiger partial charge in [0.1, 0.15) is 5.82 Å². The average molecular weight is 339 g/mol. The van der Waals surface area contributed by atoms with Crippen molar-refractivity contribution in [2.75, 3.05) is 0 Å². The third-order valence-corrected chi connectivity index (χ3v) is 7.28. The van der Waals surface area contributed by atoms with E-state index in [4.69, 9.17) is 0 Å².